The SMILES string of the molecule is O=C(Cc1ccccn1)Nc1nnc(CCC(F)Cn2cc(C(=O)NCc3ccc(C(F)(F)F)cn3)nn2)s1. The second kappa shape index (κ2) is 12.5. The van der Waals surface area contributed by atoms with Crippen molar-refractivity contribution in [3.05, 3.63) is 76.6 Å². The van der Waals surface area contributed by atoms with Gasteiger partial charge in [0.15, 0.2) is 5.69 Å². The number of rotatable bonds is 11. The summed E-state index contributed by atoms with van der Waals surface area (Å²) in [5.74, 6) is -0.925. The third kappa shape index (κ3) is 8.33. The first-order valence-electron chi connectivity index (χ1n) is 11.5. The van der Waals surface area contributed by atoms with Crippen LogP contribution in [0.4, 0.5) is 22.7 Å². The summed E-state index contributed by atoms with van der Waals surface area (Å²) in [6.45, 7) is -0.282. The molecule has 4 rings (SSSR count). The van der Waals surface area contributed by atoms with Crippen molar-refractivity contribution < 1.29 is 27.2 Å². The van der Waals surface area contributed by atoms with Gasteiger partial charge in [0.25, 0.3) is 5.91 Å². The van der Waals surface area contributed by atoms with Crippen LogP contribution in [-0.2, 0) is 36.9 Å². The first kappa shape index (κ1) is 27.7. The predicted octanol–water partition coefficient (Wildman–Crippen LogP) is 3.02. The van der Waals surface area contributed by atoms with Gasteiger partial charge in [0.05, 0.1) is 37.0 Å². The molecule has 0 spiro atoms. The van der Waals surface area contributed by atoms with Gasteiger partial charge < -0.3 is 10.6 Å². The van der Waals surface area contributed by atoms with Crippen molar-refractivity contribution in [1.82, 2.24) is 40.5 Å². The van der Waals surface area contributed by atoms with Gasteiger partial charge in [-0.05, 0) is 30.7 Å². The summed E-state index contributed by atoms with van der Waals surface area (Å²) in [5.41, 5.74) is -0.134. The van der Waals surface area contributed by atoms with Crippen LogP contribution in [0, 0.1) is 0 Å². The fraction of sp³-hybridized carbons (Fsp3) is 0.304. The van der Waals surface area contributed by atoms with Crippen molar-refractivity contribution in [2.75, 3.05) is 5.32 Å². The highest BCUT2D eigenvalue weighted by atomic mass is 32.1. The number of nitrogens with zero attached hydrogens (tertiary/aromatic N) is 7. The molecule has 204 valence electrons. The van der Waals surface area contributed by atoms with E-state index in [0.29, 0.717) is 22.0 Å². The molecule has 4 heterocycles. The maximum Gasteiger partial charge on any atom is 0.417 e. The smallest absolute Gasteiger partial charge is 0.345 e. The Morgan fingerprint density at radius 3 is 2.62 bits per heavy atom. The Bertz CT molecular complexity index is 1390. The molecule has 39 heavy (non-hydrogen) atoms. The zero-order valence-corrected chi connectivity index (χ0v) is 20.9. The topological polar surface area (TPSA) is 140 Å². The van der Waals surface area contributed by atoms with E-state index < -0.39 is 23.8 Å². The highest BCUT2D eigenvalue weighted by Gasteiger charge is 2.30. The van der Waals surface area contributed by atoms with Crippen LogP contribution in [-0.4, -0.2) is 53.1 Å². The average molecular weight is 564 g/mol. The fourth-order valence-electron chi connectivity index (χ4n) is 3.26. The van der Waals surface area contributed by atoms with Crippen LogP contribution in [0.15, 0.2) is 48.9 Å². The number of hydrogen-bond acceptors (Lipinski definition) is 9. The Balaban J connectivity index is 1.19. The summed E-state index contributed by atoms with van der Waals surface area (Å²) in [6, 6.07) is 7.30. The number of aromatic nitrogens is 7. The van der Waals surface area contributed by atoms with Gasteiger partial charge in [-0.15, -0.1) is 15.3 Å². The standard InChI is InChI=1S/C23H21F4N9O2S/c24-15(5-7-20-33-34-22(39-20)31-19(37)9-16-3-1-2-8-28-16)12-36-13-18(32-35-36)21(38)30-11-17-6-4-14(10-29-17)23(25,26)27/h1-4,6,8,10,13,15H,5,7,9,11-12H2,(H,30,38)(H,31,34,37). The van der Waals surface area contributed by atoms with Crippen molar-refractivity contribution in [2.45, 2.75) is 44.7 Å². The van der Waals surface area contributed by atoms with Gasteiger partial charge in [0.1, 0.15) is 11.2 Å². The van der Waals surface area contributed by atoms with Gasteiger partial charge in [0, 0.05) is 24.5 Å². The molecule has 2 N–H and O–H groups in total. The molecule has 0 aliphatic rings. The quantitative estimate of drug-likeness (QED) is 0.266. The minimum atomic E-state index is -4.50. The maximum atomic E-state index is 14.5. The first-order valence-corrected chi connectivity index (χ1v) is 12.3. The highest BCUT2D eigenvalue weighted by Crippen LogP contribution is 2.28. The van der Waals surface area contributed by atoms with Gasteiger partial charge in [-0.1, -0.05) is 22.6 Å². The number of aryl methyl sites for hydroxylation is 1. The molecule has 11 nitrogen and oxygen atoms in total. The summed E-state index contributed by atoms with van der Waals surface area (Å²) in [5, 5.41) is 21.3. The van der Waals surface area contributed by atoms with Gasteiger partial charge in [-0.2, -0.15) is 13.2 Å². The third-order valence-electron chi connectivity index (χ3n) is 5.19. The van der Waals surface area contributed by atoms with Gasteiger partial charge >= 0.3 is 6.18 Å². The molecule has 4 aromatic heterocycles. The molecule has 0 fully saturated rings. The normalized spacial score (nSPS) is 12.2. The largest absolute Gasteiger partial charge is 0.417 e. The molecular formula is C23H21F4N9O2S. The van der Waals surface area contributed by atoms with Crippen LogP contribution in [0.2, 0.25) is 0 Å². The Kier molecular flexibility index (Phi) is 8.85. The Morgan fingerprint density at radius 1 is 1.05 bits per heavy atom. The van der Waals surface area contributed by atoms with E-state index in [2.05, 4.69) is 41.1 Å². The second-order valence-electron chi connectivity index (χ2n) is 8.23. The summed E-state index contributed by atoms with van der Waals surface area (Å²) in [4.78, 5) is 32.1. The Labute approximate surface area is 222 Å². The lowest BCUT2D eigenvalue weighted by atomic mass is 10.2. The molecular weight excluding hydrogens is 542 g/mol. The molecule has 16 heteroatoms. The maximum absolute atomic E-state index is 14.5. The van der Waals surface area contributed by atoms with Gasteiger partial charge in [-0.3, -0.25) is 19.6 Å². The lowest BCUT2D eigenvalue weighted by molar-refractivity contribution is -0.137. The van der Waals surface area contributed by atoms with Crippen molar-refractivity contribution in [3.8, 4) is 0 Å². The zero-order valence-electron chi connectivity index (χ0n) is 20.1. The molecule has 0 bridgehead atoms. The van der Waals surface area contributed by atoms with Crippen LogP contribution in [0.1, 0.15) is 38.9 Å². The zero-order chi connectivity index (χ0) is 27.8. The minimum absolute atomic E-state index is 0.0793. The van der Waals surface area contributed by atoms with Crippen LogP contribution >= 0.6 is 11.3 Å². The number of hydrogen-bond donors (Lipinski definition) is 2. The summed E-state index contributed by atoms with van der Waals surface area (Å²) in [6.07, 6.45) is -1.83. The predicted molar refractivity (Wildman–Crippen MR) is 130 cm³/mol. The number of anilines is 1. The van der Waals surface area contributed by atoms with Gasteiger partial charge in [-0.25, -0.2) is 9.07 Å². The summed E-state index contributed by atoms with van der Waals surface area (Å²) >= 11 is 1.14. The fourth-order valence-corrected chi connectivity index (χ4v) is 4.03. The number of pyridine rings is 2. The van der Waals surface area contributed by atoms with Crippen molar-refractivity contribution in [3.63, 3.8) is 0 Å². The van der Waals surface area contributed by atoms with E-state index in [1.165, 1.54) is 10.9 Å². The van der Waals surface area contributed by atoms with Crippen LogP contribution < -0.4 is 10.6 Å². The molecule has 4 aromatic rings. The molecule has 1 atom stereocenters. The van der Waals surface area contributed by atoms with E-state index in [9.17, 15) is 27.2 Å². The van der Waals surface area contributed by atoms with Crippen LogP contribution in [0.5, 0.6) is 0 Å². The highest BCUT2D eigenvalue weighted by molar-refractivity contribution is 7.15. The summed E-state index contributed by atoms with van der Waals surface area (Å²) < 4.78 is 53.5. The van der Waals surface area contributed by atoms with Crippen LogP contribution in [0.3, 0.4) is 0 Å². The minimum Gasteiger partial charge on any atom is -0.345 e. The number of nitrogens with one attached hydrogen (secondary N) is 2. The Morgan fingerprint density at radius 2 is 1.90 bits per heavy atom. The first-order chi connectivity index (χ1) is 18.7. The summed E-state index contributed by atoms with van der Waals surface area (Å²) in [7, 11) is 0. The number of carbonyl (C=O) groups excluding carboxylic acids is 2. The van der Waals surface area contributed by atoms with Crippen LogP contribution in [0.25, 0.3) is 0 Å². The number of carbonyl (C=O) groups is 2. The lowest BCUT2D eigenvalue weighted by Gasteiger charge is -2.07. The average Bonchev–Trinajstić information content (AvgIpc) is 3.56. The van der Waals surface area contributed by atoms with Crippen molar-refractivity contribution >= 4 is 28.3 Å². The number of halogens is 4. The van der Waals surface area contributed by atoms with E-state index in [-0.39, 0.29) is 49.6 Å². The molecule has 0 saturated carbocycles. The lowest BCUT2D eigenvalue weighted by Crippen LogP contribution is -2.23. The van der Waals surface area contributed by atoms with E-state index in [4.69, 9.17) is 0 Å². The van der Waals surface area contributed by atoms with Crippen molar-refractivity contribution in [1.29, 1.82) is 0 Å². The van der Waals surface area contributed by atoms with E-state index >= 15 is 0 Å². The molecule has 2 amide bonds. The molecule has 1 unspecified atom stereocenters. The second-order valence-corrected chi connectivity index (χ2v) is 9.29. The number of amides is 2. The Hall–Kier alpha value is -4.34. The molecule has 0 aliphatic heterocycles. The molecule has 0 radical (unpaired) electrons. The van der Waals surface area contributed by atoms with E-state index in [1.54, 1.807) is 24.4 Å². The monoisotopic (exact) mass is 563 g/mol. The molecule has 0 saturated heterocycles. The van der Waals surface area contributed by atoms with Gasteiger partial charge in [0.2, 0.25) is 11.0 Å². The molecule has 0 aromatic carbocycles. The van der Waals surface area contributed by atoms with E-state index in [1.807, 2.05) is 0 Å². The van der Waals surface area contributed by atoms with E-state index in [0.717, 1.165) is 23.5 Å². The third-order valence-corrected chi connectivity index (χ3v) is 6.09. The van der Waals surface area contributed by atoms with Crippen molar-refractivity contribution in [2.24, 2.45) is 0 Å². The number of alkyl halides is 4. The molecule has 0 aliphatic carbocycles.